The van der Waals surface area contributed by atoms with Crippen LogP contribution >= 0.6 is 0 Å². The molecule has 3 aromatic carbocycles. The van der Waals surface area contributed by atoms with Crippen molar-refractivity contribution >= 4 is 27.8 Å². The van der Waals surface area contributed by atoms with Gasteiger partial charge in [-0.3, -0.25) is 4.79 Å². The predicted octanol–water partition coefficient (Wildman–Crippen LogP) is 17.0. The average Bonchev–Trinajstić information content (AvgIpc) is 3.21. The van der Waals surface area contributed by atoms with Crippen LogP contribution < -0.4 is 14.2 Å². The van der Waals surface area contributed by atoms with Crippen molar-refractivity contribution in [1.82, 2.24) is 0 Å². The van der Waals surface area contributed by atoms with Crippen LogP contribution in [0.4, 0.5) is 0 Å². The van der Waals surface area contributed by atoms with E-state index in [2.05, 4.69) is 45.9 Å². The Bertz CT molecular complexity index is 1440. The topological polar surface area (TPSA) is 44.8 Å². The van der Waals surface area contributed by atoms with Gasteiger partial charge in [-0.1, -0.05) is 218 Å². The standard InChI is InChI=1S/C52H84O4/c1-5-8-11-14-17-20-23-26-29-32-38-54-49-42-47-44(4)41-48-45(43-53)36-35-37-46(48)50(47)52(56-40-34-31-28-25-22-19-16-13-10-7-3)51(49)55-39-33-30-27-24-21-18-15-12-9-6-2/h35-37,41-43H,5-34,38-40H2,1-4H3. The van der Waals surface area contributed by atoms with E-state index < -0.39 is 0 Å². The largest absolute Gasteiger partial charge is 0.490 e. The minimum Gasteiger partial charge on any atom is -0.490 e. The molecule has 0 aromatic heterocycles. The summed E-state index contributed by atoms with van der Waals surface area (Å²) in [6.07, 6.45) is 39.8. The number of carbonyl (C=O) groups excluding carboxylic acids is 1. The minimum atomic E-state index is 0.644. The van der Waals surface area contributed by atoms with E-state index in [1.807, 2.05) is 12.1 Å². The number of unbranched alkanes of at least 4 members (excludes halogenated alkanes) is 27. The zero-order valence-electron chi connectivity index (χ0n) is 36.9. The number of aldehydes is 1. The molecular weight excluding hydrogens is 689 g/mol. The average molecular weight is 773 g/mol. The molecule has 0 heterocycles. The Morgan fingerprint density at radius 3 is 1.25 bits per heavy atom. The van der Waals surface area contributed by atoms with Gasteiger partial charge in [0.1, 0.15) is 0 Å². The molecule has 0 fully saturated rings. The van der Waals surface area contributed by atoms with Gasteiger partial charge in [0.05, 0.1) is 19.8 Å². The second kappa shape index (κ2) is 31.3. The van der Waals surface area contributed by atoms with Crippen molar-refractivity contribution in [1.29, 1.82) is 0 Å². The van der Waals surface area contributed by atoms with Crippen molar-refractivity contribution in [2.45, 2.75) is 220 Å². The molecule has 0 aliphatic carbocycles. The summed E-state index contributed by atoms with van der Waals surface area (Å²) in [5.41, 5.74) is 1.83. The maximum Gasteiger partial charge on any atom is 0.204 e. The van der Waals surface area contributed by atoms with Gasteiger partial charge in [0, 0.05) is 10.9 Å². The van der Waals surface area contributed by atoms with Crippen molar-refractivity contribution in [2.24, 2.45) is 0 Å². The molecule has 56 heavy (non-hydrogen) atoms. The summed E-state index contributed by atoms with van der Waals surface area (Å²) in [7, 11) is 0. The molecule has 0 radical (unpaired) electrons. The summed E-state index contributed by atoms with van der Waals surface area (Å²) >= 11 is 0. The molecular formula is C52H84O4. The van der Waals surface area contributed by atoms with Gasteiger partial charge >= 0.3 is 0 Å². The second-order valence-corrected chi connectivity index (χ2v) is 16.8. The van der Waals surface area contributed by atoms with Crippen LogP contribution in [0.1, 0.15) is 229 Å². The quantitative estimate of drug-likeness (QED) is 0.0333. The molecule has 0 bridgehead atoms. The van der Waals surface area contributed by atoms with E-state index in [9.17, 15) is 4.79 Å². The normalized spacial score (nSPS) is 11.5. The number of hydrogen-bond acceptors (Lipinski definition) is 4. The Morgan fingerprint density at radius 2 is 0.821 bits per heavy atom. The van der Waals surface area contributed by atoms with Crippen molar-refractivity contribution in [3.8, 4) is 17.2 Å². The van der Waals surface area contributed by atoms with E-state index in [0.717, 1.165) is 69.9 Å². The van der Waals surface area contributed by atoms with Gasteiger partial charge in [-0.25, -0.2) is 0 Å². The van der Waals surface area contributed by atoms with Crippen LogP contribution in [0.3, 0.4) is 0 Å². The number of hydrogen-bond donors (Lipinski definition) is 0. The third-order valence-corrected chi connectivity index (χ3v) is 11.8. The molecule has 0 saturated heterocycles. The van der Waals surface area contributed by atoms with Gasteiger partial charge in [0.2, 0.25) is 5.75 Å². The number of ether oxygens (including phenoxy) is 3. The van der Waals surface area contributed by atoms with Crippen LogP contribution in [0.25, 0.3) is 21.5 Å². The van der Waals surface area contributed by atoms with E-state index in [4.69, 9.17) is 14.2 Å². The van der Waals surface area contributed by atoms with Crippen molar-refractivity contribution < 1.29 is 19.0 Å². The third kappa shape index (κ3) is 18.2. The maximum atomic E-state index is 12.2. The number of benzene rings is 3. The van der Waals surface area contributed by atoms with Gasteiger partial charge in [-0.15, -0.1) is 0 Å². The van der Waals surface area contributed by atoms with Crippen molar-refractivity contribution in [3.05, 3.63) is 41.5 Å². The Hall–Kier alpha value is -2.75. The third-order valence-electron chi connectivity index (χ3n) is 11.8. The number of fused-ring (bicyclic) bond motifs is 3. The summed E-state index contributed by atoms with van der Waals surface area (Å²) in [6, 6.07) is 10.4. The number of carbonyl (C=O) groups is 1. The molecule has 0 atom stereocenters. The first-order valence-corrected chi connectivity index (χ1v) is 24.0. The monoisotopic (exact) mass is 773 g/mol. The van der Waals surface area contributed by atoms with Crippen LogP contribution in [0.5, 0.6) is 17.2 Å². The van der Waals surface area contributed by atoms with Gasteiger partial charge in [-0.2, -0.15) is 0 Å². The zero-order chi connectivity index (χ0) is 39.9. The fourth-order valence-corrected chi connectivity index (χ4v) is 8.23. The Kier molecular flexibility index (Phi) is 26.6. The number of aryl methyl sites for hydroxylation is 1. The first-order chi connectivity index (χ1) is 27.7. The molecule has 0 amide bonds. The van der Waals surface area contributed by atoms with E-state index in [1.165, 1.54) is 173 Å². The minimum absolute atomic E-state index is 0.644. The molecule has 0 unspecified atom stereocenters. The van der Waals surface area contributed by atoms with Crippen LogP contribution in [-0.2, 0) is 0 Å². The first kappa shape index (κ1) is 47.6. The molecule has 4 nitrogen and oxygen atoms in total. The van der Waals surface area contributed by atoms with Crippen LogP contribution in [0.2, 0.25) is 0 Å². The highest BCUT2D eigenvalue weighted by atomic mass is 16.5. The molecule has 0 saturated carbocycles. The maximum absolute atomic E-state index is 12.2. The first-order valence-electron chi connectivity index (χ1n) is 24.0. The van der Waals surface area contributed by atoms with E-state index in [-0.39, 0.29) is 0 Å². The molecule has 0 N–H and O–H groups in total. The SMILES string of the molecule is CCCCCCCCCCCCOc1cc2c(C)cc3c(C=O)cccc3c2c(OCCCCCCCCCCCC)c1OCCCCCCCCCCCC. The Morgan fingerprint density at radius 1 is 0.429 bits per heavy atom. The summed E-state index contributed by atoms with van der Waals surface area (Å²) in [5, 5.41) is 4.16. The summed E-state index contributed by atoms with van der Waals surface area (Å²) in [4.78, 5) is 12.2. The molecule has 316 valence electrons. The lowest BCUT2D eigenvalue weighted by atomic mass is 9.94. The van der Waals surface area contributed by atoms with E-state index >= 15 is 0 Å². The van der Waals surface area contributed by atoms with Crippen molar-refractivity contribution in [2.75, 3.05) is 19.8 Å². The molecule has 3 aromatic rings. The lowest BCUT2D eigenvalue weighted by Crippen LogP contribution is -2.07. The highest BCUT2D eigenvalue weighted by Crippen LogP contribution is 2.48. The highest BCUT2D eigenvalue weighted by Gasteiger charge is 2.22. The second-order valence-electron chi connectivity index (χ2n) is 16.8. The number of rotatable bonds is 37. The molecule has 0 aliphatic heterocycles. The molecule has 0 aliphatic rings. The smallest absolute Gasteiger partial charge is 0.204 e. The highest BCUT2D eigenvalue weighted by molar-refractivity contribution is 6.16. The summed E-state index contributed by atoms with van der Waals surface area (Å²) in [6.45, 7) is 11.0. The fraction of sp³-hybridized carbons (Fsp3) is 0.712. The molecule has 0 spiro atoms. The Labute approximate surface area is 344 Å². The van der Waals surface area contributed by atoms with Crippen molar-refractivity contribution in [3.63, 3.8) is 0 Å². The molecule has 3 rings (SSSR count). The van der Waals surface area contributed by atoms with Crippen LogP contribution in [-0.4, -0.2) is 26.1 Å². The van der Waals surface area contributed by atoms with E-state index in [0.29, 0.717) is 25.4 Å². The fourth-order valence-electron chi connectivity index (χ4n) is 8.23. The Balaban J connectivity index is 1.75. The van der Waals surface area contributed by atoms with Crippen LogP contribution in [0, 0.1) is 6.92 Å². The summed E-state index contributed by atoms with van der Waals surface area (Å²) < 4.78 is 20.3. The van der Waals surface area contributed by atoms with E-state index in [1.54, 1.807) is 0 Å². The lowest BCUT2D eigenvalue weighted by molar-refractivity contribution is 0.112. The predicted molar refractivity (Wildman–Crippen MR) is 244 cm³/mol. The van der Waals surface area contributed by atoms with Gasteiger partial charge in [-0.05, 0) is 54.0 Å². The van der Waals surface area contributed by atoms with Gasteiger partial charge < -0.3 is 14.2 Å². The zero-order valence-corrected chi connectivity index (χ0v) is 36.9. The summed E-state index contributed by atoms with van der Waals surface area (Å²) in [5.74, 6) is 2.34. The van der Waals surface area contributed by atoms with Gasteiger partial charge in [0.15, 0.2) is 17.8 Å². The van der Waals surface area contributed by atoms with Gasteiger partial charge in [0.25, 0.3) is 0 Å². The molecule has 4 heteroatoms. The van der Waals surface area contributed by atoms with Crippen LogP contribution in [0.15, 0.2) is 30.3 Å². The lowest BCUT2D eigenvalue weighted by Gasteiger charge is -2.21.